The third kappa shape index (κ3) is 6.59. The summed E-state index contributed by atoms with van der Waals surface area (Å²) in [6.45, 7) is 1.86. The van der Waals surface area contributed by atoms with Gasteiger partial charge in [-0.05, 0) is 77.9 Å². The molecule has 1 aliphatic heterocycles. The third-order valence-electron chi connectivity index (χ3n) is 6.91. The molecule has 1 fully saturated rings. The van der Waals surface area contributed by atoms with Crippen LogP contribution in [-0.4, -0.2) is 38.2 Å². The first-order valence-corrected chi connectivity index (χ1v) is 13.4. The molecule has 0 unspecified atom stereocenters. The molecule has 0 spiro atoms. The van der Waals surface area contributed by atoms with E-state index in [1.165, 1.54) is 6.42 Å². The van der Waals surface area contributed by atoms with Crippen molar-refractivity contribution in [3.05, 3.63) is 90.5 Å². The molecule has 200 valence electrons. The molecule has 1 aliphatic rings. The van der Waals surface area contributed by atoms with Gasteiger partial charge in [0, 0.05) is 30.5 Å². The van der Waals surface area contributed by atoms with Crippen molar-refractivity contribution < 1.29 is 19.0 Å². The quantitative estimate of drug-likeness (QED) is 0.251. The van der Waals surface area contributed by atoms with Crippen molar-refractivity contribution in [1.29, 1.82) is 0 Å². The molecule has 5 rings (SSSR count). The molecule has 1 N–H and O–H groups in total. The second-order valence-corrected chi connectivity index (χ2v) is 9.62. The Bertz CT molecular complexity index is 1460. The monoisotopic (exact) mass is 522 g/mol. The van der Waals surface area contributed by atoms with Gasteiger partial charge in [-0.1, -0.05) is 48.9 Å². The van der Waals surface area contributed by atoms with Crippen LogP contribution >= 0.6 is 0 Å². The number of carbonyl (C=O) groups excluding carboxylic acids is 1. The largest absolute Gasteiger partial charge is 0.497 e. The van der Waals surface area contributed by atoms with Crippen molar-refractivity contribution in [3.8, 4) is 34.1 Å². The Morgan fingerprint density at radius 1 is 0.846 bits per heavy atom. The highest BCUT2D eigenvalue weighted by Gasteiger charge is 2.14. The molecule has 6 nitrogen and oxygen atoms in total. The fraction of sp³-hybridized carbons (Fsp3) is 0.242. The highest BCUT2D eigenvalue weighted by molar-refractivity contribution is 5.96. The van der Waals surface area contributed by atoms with Gasteiger partial charge >= 0.3 is 0 Å². The maximum Gasteiger partial charge on any atom is 0.238 e. The molecule has 0 bridgehead atoms. The van der Waals surface area contributed by atoms with E-state index >= 15 is 0 Å². The van der Waals surface area contributed by atoms with E-state index in [4.69, 9.17) is 14.2 Å². The first kappa shape index (κ1) is 26.3. The summed E-state index contributed by atoms with van der Waals surface area (Å²) in [6.07, 6.45) is 7.72. The first-order chi connectivity index (χ1) is 19.1. The number of methoxy groups -OCH3 is 2. The Labute approximate surface area is 229 Å². The van der Waals surface area contributed by atoms with Crippen LogP contribution in [0, 0.1) is 0 Å². The van der Waals surface area contributed by atoms with Gasteiger partial charge in [0.05, 0.1) is 14.2 Å². The van der Waals surface area contributed by atoms with Crippen molar-refractivity contribution in [2.24, 2.45) is 0 Å². The fourth-order valence-corrected chi connectivity index (χ4v) is 4.83. The summed E-state index contributed by atoms with van der Waals surface area (Å²) in [5.41, 5.74) is 5.97. The number of piperidine rings is 1. The zero-order chi connectivity index (χ0) is 27.0. The SMILES string of the molecule is COc1cccc(-c2ccc3cc(OC)ccc3c2Oc2ccc(C=CCC(=O)NN3CCCCC3)cc2)c1. The zero-order valence-electron chi connectivity index (χ0n) is 22.5. The lowest BCUT2D eigenvalue weighted by Gasteiger charge is -2.26. The van der Waals surface area contributed by atoms with Gasteiger partial charge in [0.25, 0.3) is 0 Å². The van der Waals surface area contributed by atoms with Crippen molar-refractivity contribution in [2.75, 3.05) is 27.3 Å². The number of hydrogen-bond donors (Lipinski definition) is 1. The van der Waals surface area contributed by atoms with E-state index in [0.717, 1.165) is 76.4 Å². The minimum absolute atomic E-state index is 0.0192. The summed E-state index contributed by atoms with van der Waals surface area (Å²) in [7, 11) is 3.33. The van der Waals surface area contributed by atoms with Crippen LogP contribution in [0.2, 0.25) is 0 Å². The van der Waals surface area contributed by atoms with Crippen LogP contribution in [0.5, 0.6) is 23.0 Å². The van der Waals surface area contributed by atoms with E-state index in [1.54, 1.807) is 14.2 Å². The van der Waals surface area contributed by atoms with E-state index in [0.29, 0.717) is 6.42 Å². The van der Waals surface area contributed by atoms with Crippen molar-refractivity contribution in [3.63, 3.8) is 0 Å². The van der Waals surface area contributed by atoms with Gasteiger partial charge < -0.3 is 14.2 Å². The molecule has 0 aliphatic carbocycles. The predicted octanol–water partition coefficient (Wildman–Crippen LogP) is 7.24. The molecule has 4 aromatic rings. The lowest BCUT2D eigenvalue weighted by atomic mass is 9.99. The number of rotatable bonds is 9. The number of nitrogens with one attached hydrogen (secondary N) is 1. The Morgan fingerprint density at radius 2 is 1.59 bits per heavy atom. The average molecular weight is 523 g/mol. The van der Waals surface area contributed by atoms with E-state index < -0.39 is 0 Å². The fourth-order valence-electron chi connectivity index (χ4n) is 4.83. The molecule has 39 heavy (non-hydrogen) atoms. The van der Waals surface area contributed by atoms with Crippen LogP contribution in [-0.2, 0) is 4.79 Å². The summed E-state index contributed by atoms with van der Waals surface area (Å²) in [6, 6.07) is 26.0. The van der Waals surface area contributed by atoms with Gasteiger partial charge in [-0.2, -0.15) is 0 Å². The molecule has 4 aromatic carbocycles. The van der Waals surface area contributed by atoms with Crippen molar-refractivity contribution >= 4 is 22.8 Å². The minimum atomic E-state index is 0.0192. The average Bonchev–Trinajstić information content (AvgIpc) is 2.98. The van der Waals surface area contributed by atoms with Crippen LogP contribution in [0.1, 0.15) is 31.2 Å². The molecule has 0 radical (unpaired) electrons. The number of carbonyl (C=O) groups is 1. The lowest BCUT2D eigenvalue weighted by Crippen LogP contribution is -2.44. The molecule has 1 saturated heterocycles. The summed E-state index contributed by atoms with van der Waals surface area (Å²) in [4.78, 5) is 12.3. The molecule has 0 atom stereocenters. The van der Waals surface area contributed by atoms with Crippen LogP contribution in [0.4, 0.5) is 0 Å². The highest BCUT2D eigenvalue weighted by Crippen LogP contribution is 2.41. The van der Waals surface area contributed by atoms with Gasteiger partial charge in [0.15, 0.2) is 0 Å². The second kappa shape index (κ2) is 12.5. The summed E-state index contributed by atoms with van der Waals surface area (Å²) in [5.74, 6) is 3.09. The first-order valence-electron chi connectivity index (χ1n) is 13.4. The van der Waals surface area contributed by atoms with E-state index in [2.05, 4.69) is 23.6 Å². The Kier molecular flexibility index (Phi) is 8.44. The van der Waals surface area contributed by atoms with Crippen LogP contribution in [0.3, 0.4) is 0 Å². The zero-order valence-corrected chi connectivity index (χ0v) is 22.5. The molecule has 1 heterocycles. The number of fused-ring (bicyclic) bond motifs is 1. The maximum atomic E-state index is 12.3. The summed E-state index contributed by atoms with van der Waals surface area (Å²) in [5, 5.41) is 4.03. The second-order valence-electron chi connectivity index (χ2n) is 9.62. The number of benzene rings is 4. The van der Waals surface area contributed by atoms with Gasteiger partial charge in [-0.3, -0.25) is 10.2 Å². The topological polar surface area (TPSA) is 60.0 Å². The number of nitrogens with zero attached hydrogens (tertiary/aromatic N) is 1. The Morgan fingerprint density at radius 3 is 2.36 bits per heavy atom. The van der Waals surface area contributed by atoms with Crippen LogP contribution in [0.25, 0.3) is 28.0 Å². The Balaban J connectivity index is 1.35. The van der Waals surface area contributed by atoms with Gasteiger partial charge in [0.2, 0.25) is 5.91 Å². The minimum Gasteiger partial charge on any atom is -0.497 e. The van der Waals surface area contributed by atoms with Gasteiger partial charge in [0.1, 0.15) is 23.0 Å². The normalized spacial score (nSPS) is 13.9. The predicted molar refractivity (Wildman–Crippen MR) is 156 cm³/mol. The van der Waals surface area contributed by atoms with E-state index in [9.17, 15) is 4.79 Å². The maximum absolute atomic E-state index is 12.3. The third-order valence-corrected chi connectivity index (χ3v) is 6.91. The molecular weight excluding hydrogens is 488 g/mol. The molecule has 1 amide bonds. The molecule has 0 aromatic heterocycles. The summed E-state index contributed by atoms with van der Waals surface area (Å²) >= 11 is 0. The Hall–Kier alpha value is -4.29. The van der Waals surface area contributed by atoms with Crippen molar-refractivity contribution in [1.82, 2.24) is 10.4 Å². The van der Waals surface area contributed by atoms with Crippen LogP contribution in [0.15, 0.2) is 84.9 Å². The molecule has 6 heteroatoms. The summed E-state index contributed by atoms with van der Waals surface area (Å²) < 4.78 is 17.4. The number of ether oxygens (including phenoxy) is 3. The lowest BCUT2D eigenvalue weighted by molar-refractivity contribution is -0.125. The highest BCUT2D eigenvalue weighted by atomic mass is 16.5. The molecular formula is C33H34N2O4. The number of hydrogen-bond acceptors (Lipinski definition) is 5. The van der Waals surface area contributed by atoms with E-state index in [1.807, 2.05) is 77.8 Å². The van der Waals surface area contributed by atoms with Gasteiger partial charge in [-0.25, -0.2) is 5.01 Å². The standard InChI is InChI=1S/C33H34N2O4/c1-37-28-10-7-9-25(22-28)30-18-14-26-23-29(38-2)17-19-31(26)33(30)39-27-15-12-24(13-16-27)8-6-11-32(36)34-35-20-4-3-5-21-35/h6-10,12-19,22-23H,3-5,11,20-21H2,1-2H3,(H,34,36). The van der Waals surface area contributed by atoms with Gasteiger partial charge in [-0.15, -0.1) is 0 Å². The smallest absolute Gasteiger partial charge is 0.238 e. The number of hydrazine groups is 1. The molecule has 0 saturated carbocycles. The van der Waals surface area contributed by atoms with Crippen LogP contribution < -0.4 is 19.6 Å². The van der Waals surface area contributed by atoms with Crippen molar-refractivity contribution in [2.45, 2.75) is 25.7 Å². The van der Waals surface area contributed by atoms with E-state index in [-0.39, 0.29) is 5.91 Å². The number of amides is 1.